The van der Waals surface area contributed by atoms with E-state index < -0.39 is 11.9 Å². The number of nitrogens with zero attached hydrogens (tertiary/aromatic N) is 2. The van der Waals surface area contributed by atoms with Crippen molar-refractivity contribution in [3.8, 4) is 0 Å². The number of hydrogen-bond acceptors (Lipinski definition) is 3. The number of aliphatic hydroxyl groups excluding tert-OH is 1. The summed E-state index contributed by atoms with van der Waals surface area (Å²) in [6.45, 7) is 0. The lowest BCUT2D eigenvalue weighted by Crippen LogP contribution is -2.03. The molecule has 16 heavy (non-hydrogen) atoms. The van der Waals surface area contributed by atoms with Gasteiger partial charge in [-0.2, -0.15) is 0 Å². The van der Waals surface area contributed by atoms with Crippen LogP contribution in [-0.2, 0) is 0 Å². The van der Waals surface area contributed by atoms with E-state index in [4.69, 9.17) is 0 Å². The predicted molar refractivity (Wildman–Crippen MR) is 60.2 cm³/mol. The van der Waals surface area contributed by atoms with E-state index in [-0.39, 0.29) is 5.56 Å². The Labute approximate surface area is 100 Å². The number of benzene rings is 1. The molecule has 1 N–H and O–H groups in total. The lowest BCUT2D eigenvalue weighted by molar-refractivity contribution is 0.214. The van der Waals surface area contributed by atoms with Gasteiger partial charge in [0.1, 0.15) is 18.2 Å². The molecule has 0 radical (unpaired) electrons. The second kappa shape index (κ2) is 4.67. The van der Waals surface area contributed by atoms with Crippen molar-refractivity contribution >= 4 is 15.9 Å². The minimum atomic E-state index is -1.06. The van der Waals surface area contributed by atoms with Gasteiger partial charge in [0.15, 0.2) is 0 Å². The fraction of sp³-hybridized carbons (Fsp3) is 0.0909. The fourth-order valence-electron chi connectivity index (χ4n) is 1.36. The minimum Gasteiger partial charge on any atom is -0.383 e. The van der Waals surface area contributed by atoms with Crippen LogP contribution >= 0.6 is 15.9 Å². The van der Waals surface area contributed by atoms with Gasteiger partial charge in [-0.3, -0.25) is 0 Å². The van der Waals surface area contributed by atoms with Gasteiger partial charge < -0.3 is 5.11 Å². The first-order valence-corrected chi connectivity index (χ1v) is 5.36. The summed E-state index contributed by atoms with van der Waals surface area (Å²) < 4.78 is 14.0. The molecule has 0 aliphatic carbocycles. The molecule has 0 amide bonds. The minimum absolute atomic E-state index is 0.198. The van der Waals surface area contributed by atoms with Crippen LogP contribution in [-0.4, -0.2) is 15.1 Å². The summed E-state index contributed by atoms with van der Waals surface area (Å²) in [5.41, 5.74) is 0.656. The first-order chi connectivity index (χ1) is 7.70. The van der Waals surface area contributed by atoms with Crippen molar-refractivity contribution in [1.82, 2.24) is 9.97 Å². The molecule has 1 atom stereocenters. The number of aromatic nitrogens is 2. The van der Waals surface area contributed by atoms with Gasteiger partial charge in [-0.25, -0.2) is 14.4 Å². The molecule has 5 heteroatoms. The van der Waals surface area contributed by atoms with E-state index in [1.807, 2.05) is 0 Å². The molecule has 0 saturated heterocycles. The Bertz CT molecular complexity index is 493. The van der Waals surface area contributed by atoms with Crippen LogP contribution in [0.5, 0.6) is 0 Å². The third-order valence-electron chi connectivity index (χ3n) is 2.17. The summed E-state index contributed by atoms with van der Waals surface area (Å²) in [4.78, 5) is 7.56. The Morgan fingerprint density at radius 2 is 1.94 bits per heavy atom. The van der Waals surface area contributed by atoms with Gasteiger partial charge in [-0.1, -0.05) is 12.1 Å². The van der Waals surface area contributed by atoms with Crippen molar-refractivity contribution in [2.75, 3.05) is 0 Å². The smallest absolute Gasteiger partial charge is 0.143 e. The van der Waals surface area contributed by atoms with Gasteiger partial charge in [-0.15, -0.1) is 0 Å². The maximum Gasteiger partial charge on any atom is 0.143 e. The number of hydrogen-bond donors (Lipinski definition) is 1. The standard InChI is InChI=1S/C11H8BrFN2O/c12-9-3-1-2-8(10(9)13)11(16)7-4-14-6-15-5-7/h1-6,11,16H. The molecular weight excluding hydrogens is 275 g/mol. The molecule has 0 aliphatic rings. The summed E-state index contributed by atoms with van der Waals surface area (Å²) in [6.07, 6.45) is 3.21. The van der Waals surface area contributed by atoms with E-state index in [1.54, 1.807) is 12.1 Å². The monoisotopic (exact) mass is 282 g/mol. The van der Waals surface area contributed by atoms with Crippen LogP contribution in [0.25, 0.3) is 0 Å². The molecule has 82 valence electrons. The fourth-order valence-corrected chi connectivity index (χ4v) is 1.74. The number of rotatable bonds is 2. The highest BCUT2D eigenvalue weighted by atomic mass is 79.9. The molecule has 1 aromatic heterocycles. The summed E-state index contributed by atoms with van der Waals surface area (Å²) in [7, 11) is 0. The van der Waals surface area contributed by atoms with E-state index >= 15 is 0 Å². The largest absolute Gasteiger partial charge is 0.383 e. The number of halogens is 2. The maximum atomic E-state index is 13.7. The molecule has 0 bridgehead atoms. The highest BCUT2D eigenvalue weighted by Crippen LogP contribution is 2.27. The van der Waals surface area contributed by atoms with Crippen molar-refractivity contribution in [1.29, 1.82) is 0 Å². The van der Waals surface area contributed by atoms with Crippen molar-refractivity contribution in [3.63, 3.8) is 0 Å². The Hall–Kier alpha value is -1.33. The zero-order valence-electron chi connectivity index (χ0n) is 8.14. The molecule has 0 spiro atoms. The molecule has 1 heterocycles. The molecule has 0 fully saturated rings. The van der Waals surface area contributed by atoms with E-state index in [0.29, 0.717) is 10.0 Å². The Morgan fingerprint density at radius 3 is 2.62 bits per heavy atom. The molecule has 0 saturated carbocycles. The van der Waals surface area contributed by atoms with Gasteiger partial charge in [0.05, 0.1) is 4.47 Å². The van der Waals surface area contributed by atoms with Crippen LogP contribution in [0.15, 0.2) is 41.4 Å². The second-order valence-electron chi connectivity index (χ2n) is 3.22. The normalized spacial score (nSPS) is 12.4. The van der Waals surface area contributed by atoms with E-state index in [9.17, 15) is 9.50 Å². The molecular formula is C11H8BrFN2O. The van der Waals surface area contributed by atoms with Gasteiger partial charge in [0, 0.05) is 23.5 Å². The van der Waals surface area contributed by atoms with Gasteiger partial charge in [0.2, 0.25) is 0 Å². The summed E-state index contributed by atoms with van der Waals surface area (Å²) in [5.74, 6) is -0.473. The first-order valence-electron chi connectivity index (χ1n) is 4.57. The van der Waals surface area contributed by atoms with Gasteiger partial charge in [0.25, 0.3) is 0 Å². The Kier molecular flexibility index (Phi) is 3.26. The van der Waals surface area contributed by atoms with E-state index in [2.05, 4.69) is 25.9 Å². The van der Waals surface area contributed by atoms with Crippen LogP contribution < -0.4 is 0 Å². The lowest BCUT2D eigenvalue weighted by Gasteiger charge is -2.11. The van der Waals surface area contributed by atoms with E-state index in [1.165, 1.54) is 24.8 Å². The summed E-state index contributed by atoms with van der Waals surface area (Å²) >= 11 is 3.07. The molecule has 3 nitrogen and oxygen atoms in total. The van der Waals surface area contributed by atoms with Crippen LogP contribution in [0.1, 0.15) is 17.2 Å². The zero-order chi connectivity index (χ0) is 11.5. The third-order valence-corrected chi connectivity index (χ3v) is 2.78. The first kappa shape index (κ1) is 11.2. The topological polar surface area (TPSA) is 46.0 Å². The van der Waals surface area contributed by atoms with Crippen molar-refractivity contribution in [3.05, 3.63) is 58.3 Å². The molecule has 1 unspecified atom stereocenters. The quantitative estimate of drug-likeness (QED) is 0.920. The molecule has 2 aromatic rings. The highest BCUT2D eigenvalue weighted by molar-refractivity contribution is 9.10. The third kappa shape index (κ3) is 2.10. The average Bonchev–Trinajstić information content (AvgIpc) is 2.33. The Morgan fingerprint density at radius 1 is 1.25 bits per heavy atom. The van der Waals surface area contributed by atoms with Crippen molar-refractivity contribution in [2.45, 2.75) is 6.10 Å². The zero-order valence-corrected chi connectivity index (χ0v) is 9.73. The summed E-state index contributed by atoms with van der Waals surface area (Å²) in [5, 5.41) is 9.96. The highest BCUT2D eigenvalue weighted by Gasteiger charge is 2.16. The molecule has 2 rings (SSSR count). The van der Waals surface area contributed by atoms with Gasteiger partial charge in [-0.05, 0) is 22.0 Å². The Balaban J connectivity index is 2.42. The predicted octanol–water partition coefficient (Wildman–Crippen LogP) is 2.46. The van der Waals surface area contributed by atoms with Crippen molar-refractivity contribution in [2.24, 2.45) is 0 Å². The van der Waals surface area contributed by atoms with Crippen LogP contribution in [0.2, 0.25) is 0 Å². The maximum absolute atomic E-state index is 13.7. The van der Waals surface area contributed by atoms with E-state index in [0.717, 1.165) is 0 Å². The molecule has 0 aliphatic heterocycles. The average molecular weight is 283 g/mol. The number of aliphatic hydroxyl groups is 1. The molecule has 1 aromatic carbocycles. The SMILES string of the molecule is OC(c1cncnc1)c1cccc(Br)c1F. The van der Waals surface area contributed by atoms with Crippen LogP contribution in [0.3, 0.4) is 0 Å². The summed E-state index contributed by atoms with van der Waals surface area (Å²) in [6, 6.07) is 4.76. The van der Waals surface area contributed by atoms with Crippen LogP contribution in [0, 0.1) is 5.82 Å². The van der Waals surface area contributed by atoms with Crippen molar-refractivity contribution < 1.29 is 9.50 Å². The van der Waals surface area contributed by atoms with Crippen LogP contribution in [0.4, 0.5) is 4.39 Å². The lowest BCUT2D eigenvalue weighted by atomic mass is 10.0. The second-order valence-corrected chi connectivity index (χ2v) is 4.07. The van der Waals surface area contributed by atoms with Gasteiger partial charge >= 0.3 is 0 Å².